The number of nitrogens with zero attached hydrogens (tertiary/aromatic N) is 1. The van der Waals surface area contributed by atoms with Gasteiger partial charge in [0, 0.05) is 6.04 Å². The first kappa shape index (κ1) is 17.2. The van der Waals surface area contributed by atoms with Gasteiger partial charge in [-0.15, -0.1) is 0 Å². The Labute approximate surface area is 146 Å². The lowest BCUT2D eigenvalue weighted by atomic mass is 10.2. The van der Waals surface area contributed by atoms with E-state index in [0.29, 0.717) is 23.7 Å². The van der Waals surface area contributed by atoms with Crippen LogP contribution < -0.4 is 15.4 Å². The van der Waals surface area contributed by atoms with Crippen molar-refractivity contribution in [2.45, 2.75) is 12.5 Å². The van der Waals surface area contributed by atoms with Gasteiger partial charge in [0.25, 0.3) is 5.91 Å². The predicted molar refractivity (Wildman–Crippen MR) is 95.5 cm³/mol. The van der Waals surface area contributed by atoms with E-state index in [1.165, 1.54) is 6.20 Å². The first-order valence-electron chi connectivity index (χ1n) is 7.91. The van der Waals surface area contributed by atoms with Gasteiger partial charge in [-0.25, -0.2) is 13.4 Å². The molecule has 8 heteroatoms. The summed E-state index contributed by atoms with van der Waals surface area (Å²) in [5, 5.41) is 5.79. The fourth-order valence-corrected chi connectivity index (χ4v) is 4.21. The molecule has 1 fully saturated rings. The molecule has 1 aliphatic heterocycles. The first-order chi connectivity index (χ1) is 12.0. The highest BCUT2D eigenvalue weighted by molar-refractivity contribution is 7.91. The summed E-state index contributed by atoms with van der Waals surface area (Å²) < 4.78 is 28.3. The zero-order chi connectivity index (χ0) is 17.7. The molecule has 0 radical (unpaired) electrons. The van der Waals surface area contributed by atoms with E-state index in [4.69, 9.17) is 4.74 Å². The molecule has 3 rings (SSSR count). The van der Waals surface area contributed by atoms with E-state index in [-0.39, 0.29) is 30.1 Å². The number of pyridine rings is 1. The average molecular weight is 361 g/mol. The van der Waals surface area contributed by atoms with Gasteiger partial charge < -0.3 is 15.4 Å². The van der Waals surface area contributed by atoms with Crippen molar-refractivity contribution in [1.82, 2.24) is 4.98 Å². The zero-order valence-electron chi connectivity index (χ0n) is 13.5. The standard InChI is InChI=1S/C17H19N3O4S/c21-17(11-24-15-4-2-1-3-5-15)20-13-6-7-16(18-10-13)19-14-8-9-25(22,23)12-14/h1-7,10,14H,8-9,11-12H2,(H,18,19)(H,20,21). The summed E-state index contributed by atoms with van der Waals surface area (Å²) in [4.78, 5) is 16.1. The number of aromatic nitrogens is 1. The van der Waals surface area contributed by atoms with Crippen LogP contribution in [0, 0.1) is 0 Å². The van der Waals surface area contributed by atoms with Gasteiger partial charge in [-0.2, -0.15) is 0 Å². The molecule has 1 amide bonds. The molecular formula is C17H19N3O4S. The molecule has 1 atom stereocenters. The van der Waals surface area contributed by atoms with E-state index in [9.17, 15) is 13.2 Å². The number of sulfone groups is 1. The van der Waals surface area contributed by atoms with Crippen molar-refractivity contribution < 1.29 is 17.9 Å². The zero-order valence-corrected chi connectivity index (χ0v) is 14.3. The minimum Gasteiger partial charge on any atom is -0.484 e. The number of para-hydroxylation sites is 1. The van der Waals surface area contributed by atoms with E-state index in [1.807, 2.05) is 18.2 Å². The summed E-state index contributed by atoms with van der Waals surface area (Å²) in [6, 6.07) is 12.4. The Kier molecular flexibility index (Phi) is 5.18. The molecule has 132 valence electrons. The Morgan fingerprint density at radius 2 is 2.00 bits per heavy atom. The first-order valence-corrected chi connectivity index (χ1v) is 9.73. The molecule has 0 aliphatic carbocycles. The number of hydrogen-bond donors (Lipinski definition) is 2. The van der Waals surface area contributed by atoms with Gasteiger partial charge in [0.15, 0.2) is 16.4 Å². The molecule has 1 unspecified atom stereocenters. The molecule has 2 aromatic rings. The molecule has 0 spiro atoms. The number of ether oxygens (including phenoxy) is 1. The minimum atomic E-state index is -2.93. The van der Waals surface area contributed by atoms with Crippen molar-refractivity contribution in [1.29, 1.82) is 0 Å². The maximum atomic E-state index is 11.9. The maximum Gasteiger partial charge on any atom is 0.262 e. The van der Waals surface area contributed by atoms with Crippen LogP contribution >= 0.6 is 0 Å². The Bertz CT molecular complexity index is 823. The van der Waals surface area contributed by atoms with E-state index in [2.05, 4.69) is 15.6 Å². The number of carbonyl (C=O) groups excluding carboxylic acids is 1. The molecule has 25 heavy (non-hydrogen) atoms. The molecule has 1 aromatic carbocycles. The van der Waals surface area contributed by atoms with Gasteiger partial charge in [0.1, 0.15) is 11.6 Å². The Hall–Kier alpha value is -2.61. The quantitative estimate of drug-likeness (QED) is 0.813. The van der Waals surface area contributed by atoms with Crippen molar-refractivity contribution in [2.75, 3.05) is 28.7 Å². The third-order valence-corrected chi connectivity index (χ3v) is 5.51. The fraction of sp³-hybridized carbons (Fsp3) is 0.294. The number of anilines is 2. The van der Waals surface area contributed by atoms with Gasteiger partial charge in [0.2, 0.25) is 0 Å². The van der Waals surface area contributed by atoms with E-state index < -0.39 is 9.84 Å². The Balaban J connectivity index is 1.48. The third-order valence-electron chi connectivity index (χ3n) is 3.74. The lowest BCUT2D eigenvalue weighted by Crippen LogP contribution is -2.22. The molecule has 1 aromatic heterocycles. The summed E-state index contributed by atoms with van der Waals surface area (Å²) >= 11 is 0. The highest BCUT2D eigenvalue weighted by atomic mass is 32.2. The molecule has 2 heterocycles. The van der Waals surface area contributed by atoms with Gasteiger partial charge in [-0.1, -0.05) is 18.2 Å². The van der Waals surface area contributed by atoms with Gasteiger partial charge >= 0.3 is 0 Å². The second-order valence-corrected chi connectivity index (χ2v) is 8.06. The van der Waals surface area contributed by atoms with Crippen LogP contribution in [0.15, 0.2) is 48.7 Å². The van der Waals surface area contributed by atoms with Crippen LogP contribution in [0.3, 0.4) is 0 Å². The predicted octanol–water partition coefficient (Wildman–Crippen LogP) is 1.70. The number of benzene rings is 1. The molecule has 1 saturated heterocycles. The van der Waals surface area contributed by atoms with Crippen molar-refractivity contribution in [2.24, 2.45) is 0 Å². The van der Waals surface area contributed by atoms with Crippen LogP contribution in [0.1, 0.15) is 6.42 Å². The van der Waals surface area contributed by atoms with Crippen LogP contribution in [-0.4, -0.2) is 43.5 Å². The number of rotatable bonds is 6. The molecule has 0 saturated carbocycles. The SMILES string of the molecule is O=C(COc1ccccc1)Nc1ccc(NC2CCS(=O)(=O)C2)nc1. The van der Waals surface area contributed by atoms with E-state index in [1.54, 1.807) is 24.3 Å². The van der Waals surface area contributed by atoms with E-state index >= 15 is 0 Å². The highest BCUT2D eigenvalue weighted by Crippen LogP contribution is 2.17. The van der Waals surface area contributed by atoms with Crippen LogP contribution in [-0.2, 0) is 14.6 Å². The summed E-state index contributed by atoms with van der Waals surface area (Å²) in [6.07, 6.45) is 2.10. The number of carbonyl (C=O) groups is 1. The number of nitrogens with one attached hydrogen (secondary N) is 2. The second kappa shape index (κ2) is 7.52. The topological polar surface area (TPSA) is 97.4 Å². The molecule has 2 N–H and O–H groups in total. The van der Waals surface area contributed by atoms with Gasteiger partial charge in [-0.05, 0) is 30.7 Å². The average Bonchev–Trinajstić information content (AvgIpc) is 2.94. The highest BCUT2D eigenvalue weighted by Gasteiger charge is 2.27. The lowest BCUT2D eigenvalue weighted by Gasteiger charge is -2.12. The Morgan fingerprint density at radius 3 is 2.64 bits per heavy atom. The van der Waals surface area contributed by atoms with Crippen molar-refractivity contribution in [3.05, 3.63) is 48.7 Å². The van der Waals surface area contributed by atoms with Crippen molar-refractivity contribution >= 4 is 27.2 Å². The summed E-state index contributed by atoms with van der Waals surface area (Å²) in [5.74, 6) is 1.26. The normalized spacial score (nSPS) is 18.5. The maximum absolute atomic E-state index is 11.9. The molecule has 1 aliphatic rings. The van der Waals surface area contributed by atoms with Gasteiger partial charge in [0.05, 0.1) is 23.4 Å². The summed E-state index contributed by atoms with van der Waals surface area (Å²) in [6.45, 7) is -0.0933. The summed E-state index contributed by atoms with van der Waals surface area (Å²) in [5.41, 5.74) is 0.547. The van der Waals surface area contributed by atoms with Crippen LogP contribution in [0.4, 0.5) is 11.5 Å². The molecule has 7 nitrogen and oxygen atoms in total. The van der Waals surface area contributed by atoms with E-state index in [0.717, 1.165) is 0 Å². The lowest BCUT2D eigenvalue weighted by molar-refractivity contribution is -0.118. The largest absolute Gasteiger partial charge is 0.484 e. The monoisotopic (exact) mass is 361 g/mol. The van der Waals surface area contributed by atoms with Gasteiger partial charge in [-0.3, -0.25) is 4.79 Å². The second-order valence-electron chi connectivity index (χ2n) is 5.83. The number of hydrogen-bond acceptors (Lipinski definition) is 6. The third kappa shape index (κ3) is 5.18. The minimum absolute atomic E-state index is 0.0933. The van der Waals surface area contributed by atoms with Crippen molar-refractivity contribution in [3.63, 3.8) is 0 Å². The Morgan fingerprint density at radius 1 is 1.20 bits per heavy atom. The smallest absolute Gasteiger partial charge is 0.262 e. The van der Waals surface area contributed by atoms with Crippen LogP contribution in [0.5, 0.6) is 5.75 Å². The van der Waals surface area contributed by atoms with Crippen molar-refractivity contribution in [3.8, 4) is 5.75 Å². The van der Waals surface area contributed by atoms with Crippen LogP contribution in [0.2, 0.25) is 0 Å². The number of amides is 1. The molecule has 0 bridgehead atoms. The summed E-state index contributed by atoms with van der Waals surface area (Å²) in [7, 11) is -2.93. The van der Waals surface area contributed by atoms with Crippen LogP contribution in [0.25, 0.3) is 0 Å². The molecular weight excluding hydrogens is 342 g/mol. The fourth-order valence-electron chi connectivity index (χ4n) is 2.53.